The molecule has 0 unspecified atom stereocenters. The summed E-state index contributed by atoms with van der Waals surface area (Å²) in [5.74, 6) is 0.00749. The average Bonchev–Trinajstić information content (AvgIpc) is 3.36. The fourth-order valence-electron chi connectivity index (χ4n) is 3.34. The number of aromatic nitrogens is 3. The molecule has 1 N–H and O–H groups in total. The van der Waals surface area contributed by atoms with Crippen molar-refractivity contribution in [2.75, 3.05) is 22.4 Å². The maximum absolute atomic E-state index is 12.6. The number of sulfonamides is 1. The second-order valence-electron chi connectivity index (χ2n) is 6.90. The zero-order valence-corrected chi connectivity index (χ0v) is 16.9. The lowest BCUT2D eigenvalue weighted by molar-refractivity contribution is 0.101. The summed E-state index contributed by atoms with van der Waals surface area (Å²) in [6.07, 6.45) is 6.21. The summed E-state index contributed by atoms with van der Waals surface area (Å²) >= 11 is 0. The third-order valence-corrected chi connectivity index (χ3v) is 5.98. The Morgan fingerprint density at radius 3 is 2.86 bits per heavy atom. The van der Waals surface area contributed by atoms with Gasteiger partial charge >= 0.3 is 0 Å². The van der Waals surface area contributed by atoms with Crippen LogP contribution >= 0.6 is 0 Å². The molecule has 0 spiro atoms. The Hall–Kier alpha value is -3.14. The van der Waals surface area contributed by atoms with E-state index in [-0.39, 0.29) is 5.69 Å². The first-order chi connectivity index (χ1) is 13.8. The topological polar surface area (TPSA) is 110 Å². The van der Waals surface area contributed by atoms with Crippen LogP contribution in [0.3, 0.4) is 0 Å². The molecule has 9 nitrogen and oxygen atoms in total. The van der Waals surface area contributed by atoms with Crippen molar-refractivity contribution in [3.63, 3.8) is 0 Å². The molecule has 4 rings (SSSR count). The quantitative estimate of drug-likeness (QED) is 0.686. The largest absolute Gasteiger partial charge is 0.355 e. The number of benzene rings is 1. The van der Waals surface area contributed by atoms with Crippen molar-refractivity contribution in [2.24, 2.45) is 0 Å². The fraction of sp³-hybridized carbons (Fsp3) is 0.316. The highest BCUT2D eigenvalue weighted by Crippen LogP contribution is 2.32. The summed E-state index contributed by atoms with van der Waals surface area (Å²) in [4.78, 5) is 12.6. The summed E-state index contributed by atoms with van der Waals surface area (Å²) < 4.78 is 32.5. The molecule has 0 aliphatic carbocycles. The van der Waals surface area contributed by atoms with Crippen LogP contribution in [0.5, 0.6) is 0 Å². The molecule has 29 heavy (non-hydrogen) atoms. The first-order valence-corrected chi connectivity index (χ1v) is 11.1. The highest BCUT2D eigenvalue weighted by Gasteiger charge is 2.24. The number of hydrogen-bond donors (Lipinski definition) is 1. The second-order valence-corrected chi connectivity index (χ2v) is 8.80. The van der Waals surface area contributed by atoms with Crippen LogP contribution in [0.2, 0.25) is 0 Å². The summed E-state index contributed by atoms with van der Waals surface area (Å²) in [5.41, 5.74) is 2.89. The fourth-order valence-corrected chi connectivity index (χ4v) is 4.33. The van der Waals surface area contributed by atoms with Gasteiger partial charge in [0, 0.05) is 31.0 Å². The second kappa shape index (κ2) is 7.36. The van der Waals surface area contributed by atoms with Gasteiger partial charge in [0.2, 0.25) is 10.0 Å². The highest BCUT2D eigenvalue weighted by atomic mass is 32.2. The van der Waals surface area contributed by atoms with Gasteiger partial charge in [-0.05, 0) is 37.5 Å². The van der Waals surface area contributed by atoms with Gasteiger partial charge < -0.3 is 9.84 Å². The third kappa shape index (κ3) is 3.88. The van der Waals surface area contributed by atoms with Crippen molar-refractivity contribution in [3.8, 4) is 11.3 Å². The van der Waals surface area contributed by atoms with Gasteiger partial charge in [0.25, 0.3) is 5.91 Å². The van der Waals surface area contributed by atoms with Crippen LogP contribution < -0.4 is 9.62 Å². The van der Waals surface area contributed by atoms with Crippen molar-refractivity contribution in [2.45, 2.75) is 26.3 Å². The molecule has 2 aromatic heterocycles. The summed E-state index contributed by atoms with van der Waals surface area (Å²) in [6, 6.07) is 6.83. The van der Waals surface area contributed by atoms with Crippen LogP contribution in [0, 0.1) is 0 Å². The van der Waals surface area contributed by atoms with E-state index >= 15 is 0 Å². The van der Waals surface area contributed by atoms with E-state index in [9.17, 15) is 13.2 Å². The van der Waals surface area contributed by atoms with Crippen LogP contribution in [-0.4, -0.2) is 42.1 Å². The Balaban J connectivity index is 1.55. The smallest absolute Gasteiger partial charge is 0.277 e. The van der Waals surface area contributed by atoms with Crippen molar-refractivity contribution >= 4 is 27.3 Å². The van der Waals surface area contributed by atoms with Gasteiger partial charge in [-0.1, -0.05) is 11.2 Å². The van der Waals surface area contributed by atoms with Gasteiger partial charge in [-0.25, -0.2) is 8.42 Å². The predicted molar refractivity (Wildman–Crippen MR) is 108 cm³/mol. The summed E-state index contributed by atoms with van der Waals surface area (Å²) in [5, 5.41) is 10.8. The molecule has 1 amide bonds. The number of carbonyl (C=O) groups is 1. The van der Waals surface area contributed by atoms with Crippen LogP contribution in [0.25, 0.3) is 11.3 Å². The summed E-state index contributed by atoms with van der Waals surface area (Å²) in [6.45, 7) is 3.13. The molecule has 0 fully saturated rings. The average molecular weight is 415 g/mol. The van der Waals surface area contributed by atoms with Gasteiger partial charge in [0.15, 0.2) is 11.5 Å². The molecule has 0 bridgehead atoms. The van der Waals surface area contributed by atoms with Gasteiger partial charge in [-0.2, -0.15) is 5.10 Å². The Labute approximate surface area is 168 Å². The van der Waals surface area contributed by atoms with Crippen LogP contribution in [0.1, 0.15) is 29.4 Å². The molecule has 0 radical (unpaired) electrons. The van der Waals surface area contributed by atoms with Gasteiger partial charge in [-0.15, -0.1) is 0 Å². The van der Waals surface area contributed by atoms with Gasteiger partial charge in [0.05, 0.1) is 23.7 Å². The highest BCUT2D eigenvalue weighted by molar-refractivity contribution is 7.92. The zero-order chi connectivity index (χ0) is 20.6. The van der Waals surface area contributed by atoms with Gasteiger partial charge in [-0.3, -0.25) is 13.8 Å². The van der Waals surface area contributed by atoms with Crippen molar-refractivity contribution in [1.82, 2.24) is 14.9 Å². The molecule has 3 heterocycles. The molecule has 0 atom stereocenters. The minimum Gasteiger partial charge on any atom is -0.355 e. The molecular formula is C19H21N5O4S. The molecule has 1 aromatic carbocycles. The minimum atomic E-state index is -3.38. The Kier molecular flexibility index (Phi) is 4.87. The lowest BCUT2D eigenvalue weighted by Crippen LogP contribution is -2.34. The molecule has 10 heteroatoms. The van der Waals surface area contributed by atoms with E-state index in [1.54, 1.807) is 29.1 Å². The monoisotopic (exact) mass is 415 g/mol. The third-order valence-electron chi connectivity index (χ3n) is 4.80. The number of fused-ring (bicyclic) bond motifs is 1. The van der Waals surface area contributed by atoms with Crippen molar-refractivity contribution < 1.29 is 17.7 Å². The van der Waals surface area contributed by atoms with Crippen LogP contribution in [0.15, 0.2) is 41.2 Å². The molecule has 152 valence electrons. The van der Waals surface area contributed by atoms with Crippen LogP contribution in [-0.2, 0) is 23.0 Å². The Bertz CT molecular complexity index is 1160. The van der Waals surface area contributed by atoms with Crippen LogP contribution in [0.4, 0.5) is 11.4 Å². The van der Waals surface area contributed by atoms with Gasteiger partial charge in [0.1, 0.15) is 0 Å². The van der Waals surface area contributed by atoms with E-state index in [1.165, 1.54) is 10.6 Å². The van der Waals surface area contributed by atoms with E-state index in [0.29, 0.717) is 23.7 Å². The number of anilines is 2. The number of nitrogens with zero attached hydrogens (tertiary/aromatic N) is 4. The predicted octanol–water partition coefficient (Wildman–Crippen LogP) is 2.52. The number of nitrogens with one attached hydrogen (secondary N) is 1. The van der Waals surface area contributed by atoms with Crippen molar-refractivity contribution in [3.05, 3.63) is 47.9 Å². The summed E-state index contributed by atoms with van der Waals surface area (Å²) in [7, 11) is -3.38. The maximum Gasteiger partial charge on any atom is 0.277 e. The molecule has 0 saturated carbocycles. The lowest BCUT2D eigenvalue weighted by Gasteiger charge is -2.29. The molecule has 3 aromatic rings. The maximum atomic E-state index is 12.6. The number of aryl methyl sites for hydroxylation is 2. The number of amides is 1. The number of hydrogen-bond acceptors (Lipinski definition) is 6. The first-order valence-electron chi connectivity index (χ1n) is 9.26. The SMILES string of the molecule is CCn1cc(-c2cc(C(=O)Nc3ccc4c(c3)N(S(C)(=O)=O)CCC4)no2)cn1. The van der Waals surface area contributed by atoms with E-state index in [2.05, 4.69) is 15.6 Å². The standard InChI is InChI=1S/C19H21N5O4S/c1-3-23-12-14(11-20-23)18-10-16(22-28-18)19(25)21-15-7-6-13-5-4-8-24(17(13)9-15)29(2,26)27/h6-7,9-12H,3-5,8H2,1-2H3,(H,21,25). The van der Waals surface area contributed by atoms with E-state index < -0.39 is 15.9 Å². The number of rotatable bonds is 5. The van der Waals surface area contributed by atoms with E-state index in [0.717, 1.165) is 30.5 Å². The molecule has 1 aliphatic rings. The lowest BCUT2D eigenvalue weighted by atomic mass is 10.0. The van der Waals surface area contributed by atoms with E-state index in [1.807, 2.05) is 19.2 Å². The molecular weight excluding hydrogens is 394 g/mol. The zero-order valence-electron chi connectivity index (χ0n) is 16.1. The number of carbonyl (C=O) groups excluding carboxylic acids is 1. The Morgan fingerprint density at radius 2 is 2.14 bits per heavy atom. The van der Waals surface area contributed by atoms with Crippen molar-refractivity contribution in [1.29, 1.82) is 0 Å². The minimum absolute atomic E-state index is 0.127. The Morgan fingerprint density at radius 1 is 1.31 bits per heavy atom. The normalized spacial score (nSPS) is 13.9. The van der Waals surface area contributed by atoms with E-state index in [4.69, 9.17) is 4.52 Å². The molecule has 0 saturated heterocycles. The first kappa shape index (κ1) is 19.2. The molecule has 1 aliphatic heterocycles.